The molecule has 7 nitrogen and oxygen atoms in total. The molecule has 1 amide bonds. The number of nitrogens with one attached hydrogen (secondary N) is 1. The second-order valence-electron chi connectivity index (χ2n) is 9.04. The quantitative estimate of drug-likeness (QED) is 0.234. The van der Waals surface area contributed by atoms with E-state index in [-0.39, 0.29) is 23.1 Å². The summed E-state index contributed by atoms with van der Waals surface area (Å²) in [5.41, 5.74) is 1.56. The van der Waals surface area contributed by atoms with E-state index < -0.39 is 4.92 Å². The zero-order valence-electron chi connectivity index (χ0n) is 19.4. The van der Waals surface area contributed by atoms with Crippen molar-refractivity contribution >= 4 is 35.1 Å². The van der Waals surface area contributed by atoms with E-state index in [0.717, 1.165) is 30.5 Å². The van der Waals surface area contributed by atoms with Crippen molar-refractivity contribution in [2.24, 2.45) is 5.92 Å². The number of nitro benzene ring substituents is 1. The summed E-state index contributed by atoms with van der Waals surface area (Å²) in [7, 11) is 0. The molecule has 1 saturated heterocycles. The summed E-state index contributed by atoms with van der Waals surface area (Å²) in [4.78, 5) is 26.8. The highest BCUT2D eigenvalue weighted by molar-refractivity contribution is 8.05. The molecule has 1 aromatic heterocycles. The summed E-state index contributed by atoms with van der Waals surface area (Å²) in [5, 5.41) is 14.5. The van der Waals surface area contributed by atoms with Gasteiger partial charge in [0.2, 0.25) is 0 Å². The van der Waals surface area contributed by atoms with Crippen molar-refractivity contribution in [3.8, 4) is 11.3 Å². The van der Waals surface area contributed by atoms with Crippen molar-refractivity contribution in [1.82, 2.24) is 4.90 Å². The third-order valence-corrected chi connectivity index (χ3v) is 7.80. The minimum absolute atomic E-state index is 0.0236. The maximum absolute atomic E-state index is 13.6. The molecule has 3 aromatic rings. The Morgan fingerprint density at radius 1 is 1.06 bits per heavy atom. The topological polar surface area (TPSA) is 88.6 Å². The Bertz CT molecular complexity index is 1240. The normalized spacial score (nSPS) is 23.6. The number of furan rings is 1. The van der Waals surface area contributed by atoms with E-state index in [4.69, 9.17) is 4.42 Å². The van der Waals surface area contributed by atoms with E-state index in [0.29, 0.717) is 22.3 Å². The van der Waals surface area contributed by atoms with Crippen LogP contribution in [0.5, 0.6) is 0 Å². The van der Waals surface area contributed by atoms with E-state index in [1.165, 1.54) is 30.3 Å². The second-order valence-corrected chi connectivity index (χ2v) is 10.2. The van der Waals surface area contributed by atoms with Gasteiger partial charge in [0.25, 0.3) is 11.6 Å². The number of anilines is 1. The molecule has 2 heterocycles. The molecule has 2 aromatic carbocycles. The van der Waals surface area contributed by atoms with Crippen LogP contribution in [0, 0.1) is 16.0 Å². The Labute approximate surface area is 208 Å². The molecule has 3 atom stereocenters. The molecule has 1 aliphatic carbocycles. The number of thioether (sulfide) groups is 1. The zero-order chi connectivity index (χ0) is 24.4. The number of hydrogen-bond acceptors (Lipinski definition) is 6. The van der Waals surface area contributed by atoms with Gasteiger partial charge in [0.05, 0.1) is 9.83 Å². The van der Waals surface area contributed by atoms with Crippen LogP contribution in [-0.4, -0.2) is 27.3 Å². The van der Waals surface area contributed by atoms with Crippen molar-refractivity contribution in [1.29, 1.82) is 0 Å². The Morgan fingerprint density at radius 3 is 2.51 bits per heavy atom. The number of nitro groups is 1. The van der Waals surface area contributed by atoms with Gasteiger partial charge in [-0.05, 0) is 55.2 Å². The van der Waals surface area contributed by atoms with Crippen LogP contribution in [0.15, 0.2) is 76.1 Å². The highest BCUT2D eigenvalue weighted by Gasteiger charge is 2.43. The number of hydrogen-bond donors (Lipinski definition) is 1. The van der Waals surface area contributed by atoms with Crippen molar-refractivity contribution in [2.45, 2.75) is 44.1 Å². The average molecular weight is 490 g/mol. The van der Waals surface area contributed by atoms with Gasteiger partial charge in [0.1, 0.15) is 11.5 Å². The van der Waals surface area contributed by atoms with Crippen LogP contribution >= 0.6 is 11.8 Å². The number of rotatable bonds is 6. The van der Waals surface area contributed by atoms with Crippen LogP contribution in [0.2, 0.25) is 0 Å². The minimum atomic E-state index is -0.427. The van der Waals surface area contributed by atoms with Gasteiger partial charge in [-0.25, -0.2) is 0 Å². The SMILES string of the molecule is C[C@H]1CCCC[C@@H]1N1C(=O)/C(=C/c2ccc(-c3ccc([N+](=O)[O-])cc3)o2)SC1Nc1ccccc1. The number of amides is 1. The van der Waals surface area contributed by atoms with Crippen LogP contribution < -0.4 is 5.32 Å². The van der Waals surface area contributed by atoms with Gasteiger partial charge in [0, 0.05) is 35.5 Å². The first-order chi connectivity index (χ1) is 17.0. The third-order valence-electron chi connectivity index (χ3n) is 6.69. The van der Waals surface area contributed by atoms with E-state index in [1.807, 2.05) is 47.4 Å². The Kier molecular flexibility index (Phi) is 6.63. The Hall–Kier alpha value is -3.52. The lowest BCUT2D eigenvalue weighted by Crippen LogP contribution is -2.48. The van der Waals surface area contributed by atoms with Gasteiger partial charge in [-0.2, -0.15) is 0 Å². The highest BCUT2D eigenvalue weighted by atomic mass is 32.2. The van der Waals surface area contributed by atoms with Crippen molar-refractivity contribution in [3.05, 3.63) is 87.5 Å². The molecule has 1 N–H and O–H groups in total. The molecule has 0 radical (unpaired) electrons. The molecule has 180 valence electrons. The summed E-state index contributed by atoms with van der Waals surface area (Å²) in [6, 6.07) is 20.0. The van der Waals surface area contributed by atoms with Crippen molar-refractivity contribution in [3.63, 3.8) is 0 Å². The van der Waals surface area contributed by atoms with E-state index in [1.54, 1.807) is 18.2 Å². The standard InChI is InChI=1S/C27H27N3O4S/c1-18-7-5-6-10-23(18)29-26(31)25(35-27(29)28-20-8-3-2-4-9-20)17-22-15-16-24(34-22)19-11-13-21(14-12-19)30(32)33/h2-4,8-9,11-18,23,27-28H,5-7,10H2,1H3/b25-17-/t18-,23-,27?/m0/s1. The van der Waals surface area contributed by atoms with Crippen LogP contribution in [0.4, 0.5) is 11.4 Å². The molecular formula is C27H27N3O4S. The van der Waals surface area contributed by atoms with Gasteiger partial charge in [0.15, 0.2) is 5.50 Å². The van der Waals surface area contributed by atoms with Crippen LogP contribution in [0.1, 0.15) is 38.4 Å². The summed E-state index contributed by atoms with van der Waals surface area (Å²) < 4.78 is 5.98. The van der Waals surface area contributed by atoms with Gasteiger partial charge in [-0.15, -0.1) is 0 Å². The number of carbonyl (C=O) groups is 1. The van der Waals surface area contributed by atoms with Crippen molar-refractivity contribution in [2.75, 3.05) is 5.32 Å². The van der Waals surface area contributed by atoms with Crippen LogP contribution in [0.25, 0.3) is 17.4 Å². The first-order valence-electron chi connectivity index (χ1n) is 11.9. The van der Waals surface area contributed by atoms with Gasteiger partial charge >= 0.3 is 0 Å². The van der Waals surface area contributed by atoms with E-state index >= 15 is 0 Å². The van der Waals surface area contributed by atoms with Crippen LogP contribution in [0.3, 0.4) is 0 Å². The fraction of sp³-hybridized carbons (Fsp3) is 0.296. The van der Waals surface area contributed by atoms with E-state index in [9.17, 15) is 14.9 Å². The Balaban J connectivity index is 1.40. The monoisotopic (exact) mass is 489 g/mol. The maximum atomic E-state index is 13.6. The largest absolute Gasteiger partial charge is 0.457 e. The lowest BCUT2D eigenvalue weighted by Gasteiger charge is -2.39. The average Bonchev–Trinajstić information content (AvgIpc) is 3.45. The summed E-state index contributed by atoms with van der Waals surface area (Å²) in [6.07, 6.45) is 6.29. The first-order valence-corrected chi connectivity index (χ1v) is 12.7. The second kappa shape index (κ2) is 10.00. The minimum Gasteiger partial charge on any atom is -0.457 e. The lowest BCUT2D eigenvalue weighted by molar-refractivity contribution is -0.384. The fourth-order valence-corrected chi connectivity index (χ4v) is 6.02. The fourth-order valence-electron chi connectivity index (χ4n) is 4.83. The number of non-ortho nitro benzene ring substituents is 1. The zero-order valence-corrected chi connectivity index (χ0v) is 20.2. The van der Waals surface area contributed by atoms with Gasteiger partial charge in [-0.3, -0.25) is 14.9 Å². The molecule has 1 unspecified atom stereocenters. The molecule has 1 aliphatic heterocycles. The predicted molar refractivity (Wildman–Crippen MR) is 138 cm³/mol. The smallest absolute Gasteiger partial charge is 0.269 e. The molecular weight excluding hydrogens is 462 g/mol. The third kappa shape index (κ3) is 4.98. The first kappa shape index (κ1) is 23.2. The highest BCUT2D eigenvalue weighted by Crippen LogP contribution is 2.42. The lowest BCUT2D eigenvalue weighted by atomic mass is 9.85. The molecule has 2 fully saturated rings. The maximum Gasteiger partial charge on any atom is 0.269 e. The molecule has 5 rings (SSSR count). The van der Waals surface area contributed by atoms with Gasteiger partial charge < -0.3 is 14.6 Å². The van der Waals surface area contributed by atoms with Crippen LogP contribution in [-0.2, 0) is 4.79 Å². The summed E-state index contributed by atoms with van der Waals surface area (Å²) >= 11 is 1.51. The molecule has 0 bridgehead atoms. The number of carbonyl (C=O) groups excluding carboxylic acids is 1. The molecule has 8 heteroatoms. The van der Waals surface area contributed by atoms with Gasteiger partial charge in [-0.1, -0.05) is 49.7 Å². The summed E-state index contributed by atoms with van der Waals surface area (Å²) in [5.74, 6) is 1.64. The molecule has 1 saturated carbocycles. The molecule has 0 spiro atoms. The number of benzene rings is 2. The van der Waals surface area contributed by atoms with Crippen molar-refractivity contribution < 1.29 is 14.1 Å². The number of para-hydroxylation sites is 1. The summed E-state index contributed by atoms with van der Waals surface area (Å²) in [6.45, 7) is 2.24. The predicted octanol–water partition coefficient (Wildman–Crippen LogP) is 6.75. The Morgan fingerprint density at radius 2 is 1.80 bits per heavy atom. The molecule has 2 aliphatic rings. The molecule has 35 heavy (non-hydrogen) atoms. The number of nitrogens with zero attached hydrogens (tertiary/aromatic N) is 2. The van der Waals surface area contributed by atoms with E-state index in [2.05, 4.69) is 12.2 Å².